The van der Waals surface area contributed by atoms with Crippen molar-refractivity contribution in [3.8, 4) is 17.1 Å². The molecule has 0 aliphatic rings. The van der Waals surface area contributed by atoms with E-state index in [1.807, 2.05) is 35.9 Å². The lowest BCUT2D eigenvalue weighted by Crippen LogP contribution is -1.95. The largest absolute Gasteiger partial charge is 0.497 e. The van der Waals surface area contributed by atoms with E-state index in [2.05, 4.69) is 33.4 Å². The molecule has 0 aliphatic carbocycles. The van der Waals surface area contributed by atoms with Crippen molar-refractivity contribution in [3.05, 3.63) is 30.1 Å². The Labute approximate surface area is 143 Å². The fraction of sp³-hybridized carbons (Fsp3) is 0.333. The van der Waals surface area contributed by atoms with Gasteiger partial charge in [-0.2, -0.15) is 4.37 Å². The standard InChI is InChI=1S/C15H17N5OS2/c1-9(2)12-16-15(23-19-12)22-14-18-17-13(20(14)3)10-5-7-11(21-4)8-6-10/h5-9H,1-4H3. The minimum absolute atomic E-state index is 0.329. The van der Waals surface area contributed by atoms with Gasteiger partial charge < -0.3 is 9.30 Å². The van der Waals surface area contributed by atoms with Gasteiger partial charge >= 0.3 is 0 Å². The van der Waals surface area contributed by atoms with Gasteiger partial charge in [-0.05, 0) is 47.6 Å². The maximum Gasteiger partial charge on any atom is 0.198 e. The first-order chi connectivity index (χ1) is 11.1. The number of rotatable bonds is 5. The van der Waals surface area contributed by atoms with Crippen LogP contribution in [0, 0.1) is 0 Å². The lowest BCUT2D eigenvalue weighted by molar-refractivity contribution is 0.415. The van der Waals surface area contributed by atoms with Crippen molar-refractivity contribution in [2.45, 2.75) is 29.3 Å². The summed E-state index contributed by atoms with van der Waals surface area (Å²) in [5, 5.41) is 9.35. The molecule has 1 aromatic carbocycles. The van der Waals surface area contributed by atoms with Gasteiger partial charge in [0.2, 0.25) is 0 Å². The van der Waals surface area contributed by atoms with Crippen LogP contribution in [0.5, 0.6) is 5.75 Å². The summed E-state index contributed by atoms with van der Waals surface area (Å²) >= 11 is 2.88. The summed E-state index contributed by atoms with van der Waals surface area (Å²) in [6.07, 6.45) is 0. The van der Waals surface area contributed by atoms with Crippen molar-refractivity contribution in [3.63, 3.8) is 0 Å². The zero-order chi connectivity index (χ0) is 16.4. The molecule has 23 heavy (non-hydrogen) atoms. The number of aromatic nitrogens is 5. The Morgan fingerprint density at radius 2 is 1.91 bits per heavy atom. The van der Waals surface area contributed by atoms with Crippen molar-refractivity contribution < 1.29 is 4.74 Å². The maximum atomic E-state index is 5.18. The fourth-order valence-corrected chi connectivity index (χ4v) is 3.61. The zero-order valence-corrected chi connectivity index (χ0v) is 15.0. The Kier molecular flexibility index (Phi) is 4.63. The van der Waals surface area contributed by atoms with E-state index in [4.69, 9.17) is 4.74 Å². The Hall–Kier alpha value is -1.93. The van der Waals surface area contributed by atoms with Crippen molar-refractivity contribution in [2.75, 3.05) is 7.11 Å². The van der Waals surface area contributed by atoms with Crippen LogP contribution in [0.15, 0.2) is 33.8 Å². The van der Waals surface area contributed by atoms with E-state index in [1.165, 1.54) is 23.3 Å². The number of hydrogen-bond donors (Lipinski definition) is 0. The molecule has 0 saturated carbocycles. The summed E-state index contributed by atoms with van der Waals surface area (Å²) in [5.74, 6) is 2.83. The lowest BCUT2D eigenvalue weighted by Gasteiger charge is -2.04. The molecule has 0 amide bonds. The molecule has 8 heteroatoms. The van der Waals surface area contributed by atoms with E-state index >= 15 is 0 Å². The van der Waals surface area contributed by atoms with Crippen molar-refractivity contribution in [1.82, 2.24) is 24.1 Å². The van der Waals surface area contributed by atoms with E-state index in [0.29, 0.717) is 5.92 Å². The molecule has 0 aliphatic heterocycles. The molecule has 3 aromatic rings. The molecule has 6 nitrogen and oxygen atoms in total. The van der Waals surface area contributed by atoms with Crippen LogP contribution in [-0.4, -0.2) is 31.2 Å². The van der Waals surface area contributed by atoms with E-state index in [0.717, 1.165) is 32.5 Å². The summed E-state index contributed by atoms with van der Waals surface area (Å²) in [6.45, 7) is 4.17. The Bertz CT molecular complexity index is 795. The van der Waals surface area contributed by atoms with E-state index < -0.39 is 0 Å². The van der Waals surface area contributed by atoms with Crippen LogP contribution in [0.2, 0.25) is 0 Å². The summed E-state index contributed by atoms with van der Waals surface area (Å²) in [5.41, 5.74) is 0.993. The van der Waals surface area contributed by atoms with Crippen LogP contribution in [0.4, 0.5) is 0 Å². The highest BCUT2D eigenvalue weighted by Gasteiger charge is 2.15. The molecule has 0 saturated heterocycles. The summed E-state index contributed by atoms with van der Waals surface area (Å²) < 4.78 is 12.4. The number of ether oxygens (including phenoxy) is 1. The van der Waals surface area contributed by atoms with Gasteiger partial charge in [0.05, 0.1) is 7.11 Å². The maximum absolute atomic E-state index is 5.18. The van der Waals surface area contributed by atoms with Crippen LogP contribution in [-0.2, 0) is 7.05 Å². The molecular formula is C15H17N5OS2. The van der Waals surface area contributed by atoms with Gasteiger partial charge in [0.25, 0.3) is 0 Å². The van der Waals surface area contributed by atoms with Gasteiger partial charge in [-0.3, -0.25) is 0 Å². The second kappa shape index (κ2) is 6.67. The van der Waals surface area contributed by atoms with Crippen molar-refractivity contribution >= 4 is 23.3 Å². The van der Waals surface area contributed by atoms with Crippen molar-refractivity contribution in [1.29, 1.82) is 0 Å². The number of nitrogens with zero attached hydrogens (tertiary/aromatic N) is 5. The fourth-order valence-electron chi connectivity index (χ4n) is 1.97. The van der Waals surface area contributed by atoms with E-state index in [-0.39, 0.29) is 0 Å². The summed E-state index contributed by atoms with van der Waals surface area (Å²) in [6, 6.07) is 7.77. The Balaban J connectivity index is 1.83. The van der Waals surface area contributed by atoms with E-state index in [9.17, 15) is 0 Å². The average molecular weight is 347 g/mol. The SMILES string of the molecule is COc1ccc(-c2nnc(Sc3nc(C(C)C)ns3)n2C)cc1. The summed E-state index contributed by atoms with van der Waals surface area (Å²) in [7, 11) is 3.60. The van der Waals surface area contributed by atoms with Crippen molar-refractivity contribution in [2.24, 2.45) is 7.05 Å². The van der Waals surface area contributed by atoms with Gasteiger partial charge in [-0.1, -0.05) is 13.8 Å². The monoisotopic (exact) mass is 347 g/mol. The first kappa shape index (κ1) is 15.9. The van der Waals surface area contributed by atoms with Gasteiger partial charge in [0, 0.05) is 18.5 Å². The third-order valence-electron chi connectivity index (χ3n) is 3.30. The van der Waals surface area contributed by atoms with Crippen LogP contribution in [0.25, 0.3) is 11.4 Å². The van der Waals surface area contributed by atoms with Crippen LogP contribution in [0.1, 0.15) is 25.6 Å². The molecule has 0 N–H and O–H groups in total. The van der Waals surface area contributed by atoms with Gasteiger partial charge in [-0.15, -0.1) is 10.2 Å². The van der Waals surface area contributed by atoms with Crippen LogP contribution in [0.3, 0.4) is 0 Å². The zero-order valence-electron chi connectivity index (χ0n) is 13.3. The van der Waals surface area contributed by atoms with E-state index in [1.54, 1.807) is 7.11 Å². The molecule has 0 spiro atoms. The molecule has 120 valence electrons. The molecule has 0 radical (unpaired) electrons. The van der Waals surface area contributed by atoms with Gasteiger partial charge in [-0.25, -0.2) is 4.98 Å². The third kappa shape index (κ3) is 3.37. The lowest BCUT2D eigenvalue weighted by atomic mass is 10.2. The molecular weight excluding hydrogens is 330 g/mol. The average Bonchev–Trinajstić information content (AvgIpc) is 3.16. The van der Waals surface area contributed by atoms with Gasteiger partial charge in [0.1, 0.15) is 11.6 Å². The topological polar surface area (TPSA) is 65.7 Å². The first-order valence-corrected chi connectivity index (χ1v) is 8.72. The van der Waals surface area contributed by atoms with Crippen LogP contribution < -0.4 is 4.74 Å². The number of hydrogen-bond acceptors (Lipinski definition) is 7. The Morgan fingerprint density at radius 1 is 1.17 bits per heavy atom. The number of benzene rings is 1. The normalized spacial score (nSPS) is 11.2. The highest BCUT2D eigenvalue weighted by atomic mass is 32.2. The highest BCUT2D eigenvalue weighted by Crippen LogP contribution is 2.31. The Morgan fingerprint density at radius 3 is 2.52 bits per heavy atom. The van der Waals surface area contributed by atoms with Gasteiger partial charge in [0.15, 0.2) is 15.3 Å². The first-order valence-electron chi connectivity index (χ1n) is 7.13. The molecule has 0 atom stereocenters. The minimum atomic E-state index is 0.329. The molecule has 0 unspecified atom stereocenters. The molecule has 0 bridgehead atoms. The molecule has 3 rings (SSSR count). The summed E-state index contributed by atoms with van der Waals surface area (Å²) in [4.78, 5) is 4.52. The number of methoxy groups -OCH3 is 1. The molecule has 2 heterocycles. The van der Waals surface area contributed by atoms with Crippen LogP contribution >= 0.6 is 23.3 Å². The molecule has 2 aromatic heterocycles. The second-order valence-electron chi connectivity index (χ2n) is 5.27. The quantitative estimate of drug-likeness (QED) is 0.702. The minimum Gasteiger partial charge on any atom is -0.497 e. The third-order valence-corrected chi connectivity index (χ3v) is 5.10. The smallest absolute Gasteiger partial charge is 0.198 e. The second-order valence-corrected chi connectivity index (χ2v) is 7.24. The molecule has 0 fully saturated rings. The predicted molar refractivity (Wildman–Crippen MR) is 91.1 cm³/mol. The predicted octanol–water partition coefficient (Wildman–Crippen LogP) is 3.62. The highest BCUT2D eigenvalue weighted by molar-refractivity contribution is 8.00.